The van der Waals surface area contributed by atoms with Crippen LogP contribution >= 0.6 is 0 Å². The van der Waals surface area contributed by atoms with Gasteiger partial charge in [0.05, 0.1) is 16.9 Å². The fraction of sp³-hybridized carbons (Fsp3) is 0.625. The average molecular weight is 422 g/mol. The zero-order valence-corrected chi connectivity index (χ0v) is 19.3. The van der Waals surface area contributed by atoms with E-state index in [1.165, 1.54) is 49.6 Å². The van der Waals surface area contributed by atoms with Crippen molar-refractivity contribution in [2.24, 2.45) is 5.41 Å². The van der Waals surface area contributed by atoms with Crippen molar-refractivity contribution in [2.45, 2.75) is 71.0 Å². The molecule has 3 aliphatic rings. The second-order valence-corrected chi connectivity index (χ2v) is 9.99. The molecule has 2 aromatic heterocycles. The van der Waals surface area contributed by atoms with Crippen molar-refractivity contribution < 1.29 is 0 Å². The fourth-order valence-corrected chi connectivity index (χ4v) is 6.46. The summed E-state index contributed by atoms with van der Waals surface area (Å²) in [6.45, 7) is 7.04. The first-order valence-electron chi connectivity index (χ1n) is 11.6. The van der Waals surface area contributed by atoms with Crippen LogP contribution in [0.3, 0.4) is 0 Å². The molecule has 0 saturated heterocycles. The molecule has 2 aromatic rings. The Hall–Kier alpha value is -2.41. The highest BCUT2D eigenvalue weighted by Crippen LogP contribution is 2.57. The van der Waals surface area contributed by atoms with Gasteiger partial charge in [0.2, 0.25) is 0 Å². The minimum absolute atomic E-state index is 0.381. The van der Waals surface area contributed by atoms with E-state index in [9.17, 15) is 0 Å². The SMILES string of the molecule is CNc1nc(C)cc(N2CCc3c(c(C)nn3CC34CCC(NC)(CC3)C4)C2)c1C=N. The van der Waals surface area contributed by atoms with E-state index in [4.69, 9.17) is 10.5 Å². The Labute approximate surface area is 185 Å². The lowest BCUT2D eigenvalue weighted by Gasteiger charge is -2.32. The molecule has 2 fully saturated rings. The van der Waals surface area contributed by atoms with E-state index in [-0.39, 0.29) is 0 Å². The zero-order chi connectivity index (χ0) is 21.8. The Morgan fingerprint density at radius 1 is 1.19 bits per heavy atom. The van der Waals surface area contributed by atoms with E-state index in [1.54, 1.807) is 0 Å². The molecule has 3 N–H and O–H groups in total. The van der Waals surface area contributed by atoms with Crippen LogP contribution in [-0.4, -0.2) is 47.2 Å². The van der Waals surface area contributed by atoms with Crippen LogP contribution < -0.4 is 15.5 Å². The molecule has 2 aliphatic carbocycles. The molecular weight excluding hydrogens is 386 g/mol. The van der Waals surface area contributed by atoms with Crippen molar-refractivity contribution in [3.8, 4) is 0 Å². The minimum Gasteiger partial charge on any atom is -0.373 e. The summed E-state index contributed by atoms with van der Waals surface area (Å²) in [4.78, 5) is 6.96. The molecule has 2 saturated carbocycles. The molecule has 7 nitrogen and oxygen atoms in total. The summed E-state index contributed by atoms with van der Waals surface area (Å²) in [5.41, 5.74) is 7.67. The lowest BCUT2D eigenvalue weighted by Crippen LogP contribution is -2.37. The molecule has 0 unspecified atom stereocenters. The number of fused-ring (bicyclic) bond motifs is 3. The van der Waals surface area contributed by atoms with Crippen LogP contribution in [0.1, 0.15) is 60.3 Å². The van der Waals surface area contributed by atoms with Crippen molar-refractivity contribution in [1.29, 1.82) is 5.41 Å². The van der Waals surface area contributed by atoms with Gasteiger partial charge in [-0.3, -0.25) is 4.68 Å². The molecule has 7 heteroatoms. The number of rotatable bonds is 6. The predicted octanol–water partition coefficient (Wildman–Crippen LogP) is 3.42. The normalized spacial score (nSPS) is 26.9. The first-order chi connectivity index (χ1) is 14.9. The molecule has 3 heterocycles. The van der Waals surface area contributed by atoms with E-state index in [0.717, 1.165) is 54.5 Å². The van der Waals surface area contributed by atoms with Crippen molar-refractivity contribution in [2.75, 3.05) is 30.9 Å². The number of hydrogen-bond acceptors (Lipinski definition) is 6. The summed E-state index contributed by atoms with van der Waals surface area (Å²) in [7, 11) is 4.01. The van der Waals surface area contributed by atoms with Gasteiger partial charge < -0.3 is 20.9 Å². The maximum Gasteiger partial charge on any atom is 0.136 e. The summed E-state index contributed by atoms with van der Waals surface area (Å²) >= 11 is 0. The molecule has 0 aromatic carbocycles. The Balaban J connectivity index is 1.42. The van der Waals surface area contributed by atoms with Crippen LogP contribution in [-0.2, 0) is 19.5 Å². The molecule has 31 heavy (non-hydrogen) atoms. The topological polar surface area (TPSA) is 81.9 Å². The van der Waals surface area contributed by atoms with Gasteiger partial charge in [0.25, 0.3) is 0 Å². The molecule has 0 spiro atoms. The van der Waals surface area contributed by atoms with Crippen molar-refractivity contribution in [1.82, 2.24) is 20.1 Å². The maximum absolute atomic E-state index is 7.96. The van der Waals surface area contributed by atoms with E-state index in [0.29, 0.717) is 11.0 Å². The molecule has 5 rings (SSSR count). The minimum atomic E-state index is 0.381. The molecule has 0 atom stereocenters. The third kappa shape index (κ3) is 3.25. The van der Waals surface area contributed by atoms with Gasteiger partial charge in [-0.2, -0.15) is 5.10 Å². The van der Waals surface area contributed by atoms with Gasteiger partial charge in [0.1, 0.15) is 5.82 Å². The number of nitrogens with zero attached hydrogens (tertiary/aromatic N) is 4. The molecule has 166 valence electrons. The number of aryl methyl sites for hydroxylation is 2. The van der Waals surface area contributed by atoms with Crippen LogP contribution in [0.2, 0.25) is 0 Å². The second kappa shape index (κ2) is 7.33. The van der Waals surface area contributed by atoms with Crippen LogP contribution in [0.4, 0.5) is 11.5 Å². The van der Waals surface area contributed by atoms with Crippen molar-refractivity contribution >= 4 is 17.7 Å². The summed E-state index contributed by atoms with van der Waals surface area (Å²) < 4.78 is 2.35. The maximum atomic E-state index is 7.96. The molecule has 0 amide bonds. The second-order valence-electron chi connectivity index (χ2n) is 9.99. The molecule has 0 radical (unpaired) electrons. The highest BCUT2D eigenvalue weighted by Gasteiger charge is 2.53. The number of nitrogens with one attached hydrogen (secondary N) is 3. The van der Waals surface area contributed by atoms with Gasteiger partial charge in [-0.1, -0.05) is 0 Å². The third-order valence-corrected chi connectivity index (χ3v) is 8.22. The van der Waals surface area contributed by atoms with E-state index < -0.39 is 0 Å². The van der Waals surface area contributed by atoms with Gasteiger partial charge in [0, 0.05) is 61.8 Å². The Morgan fingerprint density at radius 2 is 1.97 bits per heavy atom. The van der Waals surface area contributed by atoms with E-state index >= 15 is 0 Å². The van der Waals surface area contributed by atoms with Gasteiger partial charge in [0.15, 0.2) is 0 Å². The van der Waals surface area contributed by atoms with Crippen LogP contribution in [0, 0.1) is 24.7 Å². The highest BCUT2D eigenvalue weighted by molar-refractivity contribution is 5.92. The first kappa shape index (κ1) is 20.5. The summed E-state index contributed by atoms with van der Waals surface area (Å²) in [5.74, 6) is 0.776. The highest BCUT2D eigenvalue weighted by atomic mass is 15.3. The molecular formula is C24H35N7. The fourth-order valence-electron chi connectivity index (χ4n) is 6.46. The smallest absolute Gasteiger partial charge is 0.136 e. The number of hydrogen-bond donors (Lipinski definition) is 3. The lowest BCUT2D eigenvalue weighted by atomic mass is 9.84. The average Bonchev–Trinajstić information content (AvgIpc) is 3.43. The van der Waals surface area contributed by atoms with Crippen molar-refractivity contribution in [3.63, 3.8) is 0 Å². The van der Waals surface area contributed by atoms with Crippen LogP contribution in [0.25, 0.3) is 0 Å². The Bertz CT molecular complexity index is 1010. The predicted molar refractivity (Wildman–Crippen MR) is 125 cm³/mol. The Morgan fingerprint density at radius 3 is 2.61 bits per heavy atom. The van der Waals surface area contributed by atoms with Gasteiger partial charge in [-0.15, -0.1) is 0 Å². The standard InChI is InChI=1S/C24H35N7/c1-16-11-21(18(12-25)22(26-3)28-16)30-10-5-20-19(13-30)17(2)29-31(20)15-23-6-8-24(14-23,27-4)9-7-23/h11-12,25,27H,5-10,13-15H2,1-4H3,(H,26,28). The van der Waals surface area contributed by atoms with Gasteiger partial charge in [-0.25, -0.2) is 4.98 Å². The molecule has 1 aliphatic heterocycles. The number of pyridine rings is 1. The van der Waals surface area contributed by atoms with Crippen LogP contribution in [0.15, 0.2) is 6.07 Å². The molecule has 2 bridgehead atoms. The monoisotopic (exact) mass is 421 g/mol. The van der Waals surface area contributed by atoms with Crippen molar-refractivity contribution in [3.05, 3.63) is 34.3 Å². The number of anilines is 2. The summed E-state index contributed by atoms with van der Waals surface area (Å²) in [6.07, 6.45) is 8.97. The van der Waals surface area contributed by atoms with E-state index in [2.05, 4.69) is 45.2 Å². The summed E-state index contributed by atoms with van der Waals surface area (Å²) in [6, 6.07) is 2.11. The van der Waals surface area contributed by atoms with Gasteiger partial charge >= 0.3 is 0 Å². The lowest BCUT2D eigenvalue weighted by molar-refractivity contribution is 0.232. The number of aromatic nitrogens is 3. The van der Waals surface area contributed by atoms with Crippen LogP contribution in [0.5, 0.6) is 0 Å². The largest absolute Gasteiger partial charge is 0.373 e. The quantitative estimate of drug-likeness (QED) is 0.623. The Kier molecular flexibility index (Phi) is 4.84. The van der Waals surface area contributed by atoms with Gasteiger partial charge in [-0.05, 0) is 64.5 Å². The van der Waals surface area contributed by atoms with E-state index in [1.807, 2.05) is 14.0 Å². The summed E-state index contributed by atoms with van der Waals surface area (Å²) in [5, 5.41) is 19.8. The first-order valence-corrected chi connectivity index (χ1v) is 11.6. The zero-order valence-electron chi connectivity index (χ0n) is 19.3. The third-order valence-electron chi connectivity index (χ3n) is 8.22.